The predicted molar refractivity (Wildman–Crippen MR) is 75.4 cm³/mol. The van der Waals surface area contributed by atoms with E-state index in [-0.39, 0.29) is 0 Å². The van der Waals surface area contributed by atoms with Gasteiger partial charge in [0.25, 0.3) is 0 Å². The quantitative estimate of drug-likeness (QED) is 0.859. The predicted octanol–water partition coefficient (Wildman–Crippen LogP) is 3.21. The van der Waals surface area contributed by atoms with Crippen molar-refractivity contribution in [1.29, 1.82) is 0 Å². The molecule has 3 rings (SSSR count). The van der Waals surface area contributed by atoms with Crippen molar-refractivity contribution in [2.24, 2.45) is 17.8 Å². The monoisotopic (exact) mass is 245 g/mol. The molecular weight excluding hydrogens is 222 g/mol. The van der Waals surface area contributed by atoms with E-state index < -0.39 is 0 Å². The molecule has 3 nitrogen and oxygen atoms in total. The van der Waals surface area contributed by atoms with E-state index >= 15 is 0 Å². The van der Waals surface area contributed by atoms with Crippen LogP contribution >= 0.6 is 0 Å². The summed E-state index contributed by atoms with van der Waals surface area (Å²) in [5.41, 5.74) is 7.62. The summed E-state index contributed by atoms with van der Waals surface area (Å²) in [6, 6.07) is 2.51. The summed E-state index contributed by atoms with van der Waals surface area (Å²) in [6.07, 6.45) is 7.52. The van der Waals surface area contributed by atoms with Gasteiger partial charge >= 0.3 is 0 Å². The normalized spacial score (nSPS) is 31.6. The Kier molecular flexibility index (Phi) is 2.92. The highest BCUT2D eigenvalue weighted by molar-refractivity contribution is 5.51. The number of rotatable bonds is 3. The first-order valence-corrected chi connectivity index (χ1v) is 7.12. The fourth-order valence-corrected chi connectivity index (χ4v) is 3.98. The summed E-state index contributed by atoms with van der Waals surface area (Å²) in [5.74, 6) is 3.79. The second-order valence-corrected chi connectivity index (χ2v) is 6.21. The van der Waals surface area contributed by atoms with Crippen LogP contribution in [0.15, 0.2) is 12.3 Å². The Morgan fingerprint density at radius 1 is 1.39 bits per heavy atom. The number of pyridine rings is 1. The molecule has 0 spiro atoms. The molecule has 0 aromatic carbocycles. The van der Waals surface area contributed by atoms with Crippen LogP contribution < -0.4 is 11.1 Å². The fraction of sp³-hybridized carbons (Fsp3) is 0.667. The molecule has 2 saturated carbocycles. The summed E-state index contributed by atoms with van der Waals surface area (Å²) < 4.78 is 0. The number of hydrogen-bond acceptors (Lipinski definition) is 3. The third kappa shape index (κ3) is 2.06. The van der Waals surface area contributed by atoms with Gasteiger partial charge in [-0.1, -0.05) is 6.42 Å². The number of nitrogens with one attached hydrogen (secondary N) is 1. The zero-order valence-electron chi connectivity index (χ0n) is 11.3. The van der Waals surface area contributed by atoms with E-state index in [4.69, 9.17) is 5.73 Å². The summed E-state index contributed by atoms with van der Waals surface area (Å²) in [7, 11) is 0. The van der Waals surface area contributed by atoms with Crippen LogP contribution in [-0.4, -0.2) is 11.0 Å². The lowest BCUT2D eigenvalue weighted by atomic mass is 9.84. The van der Waals surface area contributed by atoms with Gasteiger partial charge in [-0.15, -0.1) is 0 Å². The van der Waals surface area contributed by atoms with Crippen molar-refractivity contribution in [2.45, 2.75) is 45.6 Å². The van der Waals surface area contributed by atoms with Gasteiger partial charge < -0.3 is 11.1 Å². The molecule has 4 unspecified atom stereocenters. The van der Waals surface area contributed by atoms with Crippen LogP contribution in [0.3, 0.4) is 0 Å². The molecule has 0 saturated heterocycles. The molecule has 1 heterocycles. The lowest BCUT2D eigenvalue weighted by Gasteiger charge is -2.29. The first-order chi connectivity index (χ1) is 8.63. The maximum absolute atomic E-state index is 5.74. The number of aryl methyl sites for hydroxylation is 1. The molecule has 1 aromatic rings. The Bertz CT molecular complexity index is 443. The first-order valence-electron chi connectivity index (χ1n) is 7.12. The van der Waals surface area contributed by atoms with Gasteiger partial charge in [0.2, 0.25) is 0 Å². The first kappa shape index (κ1) is 11.8. The van der Waals surface area contributed by atoms with E-state index in [1.807, 2.05) is 6.07 Å². The molecule has 2 aliphatic rings. The lowest BCUT2D eigenvalue weighted by molar-refractivity contribution is 0.304. The summed E-state index contributed by atoms with van der Waals surface area (Å²) >= 11 is 0. The minimum absolute atomic E-state index is 0.523. The molecular formula is C15H23N3. The molecule has 3 heteroatoms. The van der Waals surface area contributed by atoms with Gasteiger partial charge in [0, 0.05) is 6.04 Å². The standard InChI is InChI=1S/C15H23N3/c1-9-5-13(16)8-17-15(9)18-10(2)14-7-11-3-4-12(14)6-11/h5,8,10-12,14H,3-4,6-7,16H2,1-2H3,(H,17,18). The molecule has 2 aliphatic carbocycles. The van der Waals surface area contributed by atoms with Crippen molar-refractivity contribution >= 4 is 11.5 Å². The number of aromatic nitrogens is 1. The van der Waals surface area contributed by atoms with Gasteiger partial charge in [-0.25, -0.2) is 4.98 Å². The lowest BCUT2D eigenvalue weighted by Crippen LogP contribution is -2.30. The van der Waals surface area contributed by atoms with Crippen LogP contribution in [0, 0.1) is 24.7 Å². The highest BCUT2D eigenvalue weighted by Gasteiger charge is 2.41. The van der Waals surface area contributed by atoms with Crippen molar-refractivity contribution in [3.8, 4) is 0 Å². The molecule has 0 amide bonds. The average molecular weight is 245 g/mol. The molecule has 4 atom stereocenters. The SMILES string of the molecule is Cc1cc(N)cnc1NC(C)C1CC2CCC1C2. The summed E-state index contributed by atoms with van der Waals surface area (Å²) in [6.45, 7) is 4.38. The van der Waals surface area contributed by atoms with E-state index in [9.17, 15) is 0 Å². The summed E-state index contributed by atoms with van der Waals surface area (Å²) in [5, 5.41) is 3.60. The van der Waals surface area contributed by atoms with Gasteiger partial charge in [-0.2, -0.15) is 0 Å². The summed E-state index contributed by atoms with van der Waals surface area (Å²) in [4.78, 5) is 4.42. The highest BCUT2D eigenvalue weighted by Crippen LogP contribution is 2.49. The topological polar surface area (TPSA) is 50.9 Å². The third-order valence-electron chi connectivity index (χ3n) is 4.90. The Balaban J connectivity index is 1.69. The third-order valence-corrected chi connectivity index (χ3v) is 4.90. The van der Waals surface area contributed by atoms with Crippen LogP contribution in [0.4, 0.5) is 11.5 Å². The fourth-order valence-electron chi connectivity index (χ4n) is 3.98. The molecule has 2 fully saturated rings. The average Bonchev–Trinajstić information content (AvgIpc) is 2.94. The number of fused-ring (bicyclic) bond motifs is 2. The molecule has 0 aliphatic heterocycles. The van der Waals surface area contributed by atoms with Gasteiger partial charge in [-0.05, 0) is 62.5 Å². The van der Waals surface area contributed by atoms with Gasteiger partial charge in [0.1, 0.15) is 5.82 Å². The van der Waals surface area contributed by atoms with Gasteiger partial charge in [0.15, 0.2) is 0 Å². The Morgan fingerprint density at radius 3 is 2.83 bits per heavy atom. The van der Waals surface area contributed by atoms with Crippen LogP contribution in [0.25, 0.3) is 0 Å². The Hall–Kier alpha value is -1.25. The van der Waals surface area contributed by atoms with Gasteiger partial charge in [-0.3, -0.25) is 0 Å². The minimum atomic E-state index is 0.523. The number of hydrogen-bond donors (Lipinski definition) is 2. The molecule has 1 aromatic heterocycles. The van der Waals surface area contributed by atoms with Crippen molar-refractivity contribution in [2.75, 3.05) is 11.1 Å². The zero-order chi connectivity index (χ0) is 12.7. The van der Waals surface area contributed by atoms with Crippen LogP contribution in [-0.2, 0) is 0 Å². The smallest absolute Gasteiger partial charge is 0.129 e. The van der Waals surface area contributed by atoms with E-state index in [2.05, 4.69) is 24.1 Å². The molecule has 2 bridgehead atoms. The Morgan fingerprint density at radius 2 is 2.22 bits per heavy atom. The molecule has 0 radical (unpaired) electrons. The second kappa shape index (κ2) is 4.45. The zero-order valence-corrected chi connectivity index (χ0v) is 11.3. The Labute approximate surface area is 109 Å². The van der Waals surface area contributed by atoms with Crippen molar-refractivity contribution in [1.82, 2.24) is 4.98 Å². The van der Waals surface area contributed by atoms with Crippen LogP contribution in [0.2, 0.25) is 0 Å². The van der Waals surface area contributed by atoms with E-state index in [1.54, 1.807) is 6.20 Å². The second-order valence-electron chi connectivity index (χ2n) is 6.21. The van der Waals surface area contributed by atoms with Crippen LogP contribution in [0.1, 0.15) is 38.2 Å². The highest BCUT2D eigenvalue weighted by atomic mass is 15.0. The maximum atomic E-state index is 5.74. The van der Waals surface area contributed by atoms with E-state index in [1.165, 1.54) is 25.7 Å². The van der Waals surface area contributed by atoms with Gasteiger partial charge in [0.05, 0.1) is 11.9 Å². The largest absolute Gasteiger partial charge is 0.397 e. The number of nitrogens with zero attached hydrogens (tertiary/aromatic N) is 1. The molecule has 18 heavy (non-hydrogen) atoms. The van der Waals surface area contributed by atoms with E-state index in [0.717, 1.165) is 34.8 Å². The van der Waals surface area contributed by atoms with E-state index in [0.29, 0.717) is 6.04 Å². The maximum Gasteiger partial charge on any atom is 0.129 e. The number of nitrogen functional groups attached to an aromatic ring is 1. The van der Waals surface area contributed by atoms with Crippen molar-refractivity contribution in [3.63, 3.8) is 0 Å². The molecule has 98 valence electrons. The van der Waals surface area contributed by atoms with Crippen molar-refractivity contribution < 1.29 is 0 Å². The number of anilines is 2. The number of nitrogens with two attached hydrogens (primary N) is 1. The van der Waals surface area contributed by atoms with Crippen molar-refractivity contribution in [3.05, 3.63) is 17.8 Å². The minimum Gasteiger partial charge on any atom is -0.397 e. The van der Waals surface area contributed by atoms with Crippen LogP contribution in [0.5, 0.6) is 0 Å². The molecule has 3 N–H and O–H groups in total.